The SMILES string of the molecule is CC(C)(CO)NCc1ccc(C(C)(C)C)s1. The summed E-state index contributed by atoms with van der Waals surface area (Å²) in [5.41, 5.74) is 0.0291. The quantitative estimate of drug-likeness (QED) is 0.849. The maximum Gasteiger partial charge on any atom is 0.0607 e. The average molecular weight is 241 g/mol. The van der Waals surface area contributed by atoms with E-state index in [1.54, 1.807) is 0 Å². The minimum atomic E-state index is -0.202. The molecule has 2 nitrogen and oxygen atoms in total. The Bertz CT molecular complexity index is 336. The van der Waals surface area contributed by atoms with E-state index in [1.165, 1.54) is 9.75 Å². The summed E-state index contributed by atoms with van der Waals surface area (Å²) >= 11 is 1.85. The molecule has 0 radical (unpaired) electrons. The Morgan fingerprint density at radius 1 is 1.19 bits per heavy atom. The van der Waals surface area contributed by atoms with Gasteiger partial charge in [0.05, 0.1) is 6.61 Å². The van der Waals surface area contributed by atoms with E-state index in [0.29, 0.717) is 0 Å². The molecular formula is C13H23NOS. The van der Waals surface area contributed by atoms with Crippen LogP contribution in [0.3, 0.4) is 0 Å². The summed E-state index contributed by atoms with van der Waals surface area (Å²) in [4.78, 5) is 2.73. The lowest BCUT2D eigenvalue weighted by Gasteiger charge is -2.23. The standard InChI is InChI=1S/C13H23NOS/c1-12(2,3)11-7-6-10(16-11)8-14-13(4,5)9-15/h6-7,14-15H,8-9H2,1-5H3. The summed E-state index contributed by atoms with van der Waals surface area (Å²) < 4.78 is 0. The highest BCUT2D eigenvalue weighted by Gasteiger charge is 2.18. The molecule has 1 aromatic heterocycles. The van der Waals surface area contributed by atoms with Crippen molar-refractivity contribution in [3.8, 4) is 0 Å². The number of aliphatic hydroxyl groups excluding tert-OH is 1. The number of rotatable bonds is 4. The third-order valence-electron chi connectivity index (χ3n) is 2.54. The zero-order valence-corrected chi connectivity index (χ0v) is 11.7. The molecule has 16 heavy (non-hydrogen) atoms. The first kappa shape index (κ1) is 13.7. The van der Waals surface area contributed by atoms with E-state index in [0.717, 1.165) is 6.54 Å². The lowest BCUT2D eigenvalue weighted by Crippen LogP contribution is -2.41. The molecule has 3 heteroatoms. The van der Waals surface area contributed by atoms with Crippen LogP contribution in [0.25, 0.3) is 0 Å². The zero-order valence-electron chi connectivity index (χ0n) is 10.9. The van der Waals surface area contributed by atoms with Crippen LogP contribution in [-0.2, 0) is 12.0 Å². The Hall–Kier alpha value is -0.380. The van der Waals surface area contributed by atoms with Crippen molar-refractivity contribution in [2.45, 2.75) is 52.1 Å². The topological polar surface area (TPSA) is 32.3 Å². The van der Waals surface area contributed by atoms with E-state index >= 15 is 0 Å². The largest absolute Gasteiger partial charge is 0.394 e. The highest BCUT2D eigenvalue weighted by Crippen LogP contribution is 2.29. The summed E-state index contributed by atoms with van der Waals surface area (Å²) in [6.45, 7) is 11.7. The molecule has 92 valence electrons. The van der Waals surface area contributed by atoms with Gasteiger partial charge in [-0.05, 0) is 31.4 Å². The van der Waals surface area contributed by atoms with Crippen molar-refractivity contribution >= 4 is 11.3 Å². The lowest BCUT2D eigenvalue weighted by molar-refractivity contribution is 0.187. The Morgan fingerprint density at radius 3 is 2.25 bits per heavy atom. The predicted octanol–water partition coefficient (Wildman–Crippen LogP) is 2.91. The van der Waals surface area contributed by atoms with Gasteiger partial charge in [-0.25, -0.2) is 0 Å². The van der Waals surface area contributed by atoms with Crippen molar-refractivity contribution in [2.24, 2.45) is 0 Å². The maximum atomic E-state index is 9.15. The first-order valence-corrected chi connectivity index (χ1v) is 6.51. The van der Waals surface area contributed by atoms with E-state index in [-0.39, 0.29) is 17.6 Å². The highest BCUT2D eigenvalue weighted by atomic mass is 32.1. The molecule has 0 aliphatic carbocycles. The van der Waals surface area contributed by atoms with Crippen LogP contribution in [-0.4, -0.2) is 17.3 Å². The first-order valence-electron chi connectivity index (χ1n) is 5.70. The fourth-order valence-electron chi connectivity index (χ4n) is 1.26. The van der Waals surface area contributed by atoms with Crippen molar-refractivity contribution in [1.29, 1.82) is 0 Å². The van der Waals surface area contributed by atoms with E-state index < -0.39 is 0 Å². The smallest absolute Gasteiger partial charge is 0.0607 e. The van der Waals surface area contributed by atoms with Crippen LogP contribution >= 0.6 is 11.3 Å². The molecule has 0 spiro atoms. The van der Waals surface area contributed by atoms with Crippen LogP contribution in [0.5, 0.6) is 0 Å². The number of nitrogens with one attached hydrogen (secondary N) is 1. The van der Waals surface area contributed by atoms with Gasteiger partial charge in [0.15, 0.2) is 0 Å². The maximum absolute atomic E-state index is 9.15. The summed E-state index contributed by atoms with van der Waals surface area (Å²) in [5.74, 6) is 0. The molecule has 2 N–H and O–H groups in total. The third-order valence-corrected chi connectivity index (χ3v) is 4.05. The lowest BCUT2D eigenvalue weighted by atomic mass is 9.95. The van der Waals surface area contributed by atoms with Crippen LogP contribution in [0.2, 0.25) is 0 Å². The second-order valence-electron chi connectivity index (χ2n) is 5.91. The van der Waals surface area contributed by atoms with Crippen LogP contribution in [0.1, 0.15) is 44.4 Å². The van der Waals surface area contributed by atoms with Gasteiger partial charge in [-0.1, -0.05) is 20.8 Å². The molecule has 0 amide bonds. The van der Waals surface area contributed by atoms with Gasteiger partial charge >= 0.3 is 0 Å². The predicted molar refractivity (Wildman–Crippen MR) is 71.0 cm³/mol. The van der Waals surface area contributed by atoms with E-state index in [2.05, 4.69) is 38.2 Å². The molecule has 0 saturated heterocycles. The van der Waals surface area contributed by atoms with Crippen LogP contribution < -0.4 is 5.32 Å². The molecule has 1 rings (SSSR count). The molecule has 1 aromatic rings. The Kier molecular flexibility index (Phi) is 4.16. The van der Waals surface area contributed by atoms with Crippen LogP contribution in [0.4, 0.5) is 0 Å². The van der Waals surface area contributed by atoms with Gasteiger partial charge in [-0.15, -0.1) is 11.3 Å². The molecule has 0 fully saturated rings. The van der Waals surface area contributed by atoms with Gasteiger partial charge in [0.2, 0.25) is 0 Å². The van der Waals surface area contributed by atoms with E-state index in [9.17, 15) is 0 Å². The minimum absolute atomic E-state index is 0.157. The number of hydrogen-bond donors (Lipinski definition) is 2. The van der Waals surface area contributed by atoms with E-state index in [1.807, 2.05) is 25.2 Å². The number of thiophene rings is 1. The molecule has 0 saturated carbocycles. The van der Waals surface area contributed by atoms with Crippen LogP contribution in [0.15, 0.2) is 12.1 Å². The molecule has 0 bridgehead atoms. The third kappa shape index (κ3) is 3.89. The van der Waals surface area contributed by atoms with Crippen molar-refractivity contribution in [3.05, 3.63) is 21.9 Å². The molecule has 1 heterocycles. The molecule has 0 aromatic carbocycles. The second kappa shape index (κ2) is 4.86. The molecular weight excluding hydrogens is 218 g/mol. The zero-order chi connectivity index (χ0) is 12.4. The fraction of sp³-hybridized carbons (Fsp3) is 0.692. The molecule has 0 unspecified atom stereocenters. The molecule has 0 atom stereocenters. The summed E-state index contributed by atoms with van der Waals surface area (Å²) in [5, 5.41) is 12.5. The monoisotopic (exact) mass is 241 g/mol. The van der Waals surface area contributed by atoms with Gasteiger partial charge in [0.25, 0.3) is 0 Å². The average Bonchev–Trinajstić information content (AvgIpc) is 2.63. The first-order chi connectivity index (χ1) is 7.24. The number of hydrogen-bond acceptors (Lipinski definition) is 3. The fourth-order valence-corrected chi connectivity index (χ4v) is 2.26. The van der Waals surface area contributed by atoms with Crippen molar-refractivity contribution < 1.29 is 5.11 Å². The molecule has 0 aliphatic heterocycles. The van der Waals surface area contributed by atoms with Gasteiger partial charge in [-0.3, -0.25) is 0 Å². The Morgan fingerprint density at radius 2 is 1.81 bits per heavy atom. The number of aliphatic hydroxyl groups is 1. The second-order valence-corrected chi connectivity index (χ2v) is 7.08. The highest BCUT2D eigenvalue weighted by molar-refractivity contribution is 7.12. The Labute approximate surface area is 103 Å². The molecule has 0 aliphatic rings. The summed E-state index contributed by atoms with van der Waals surface area (Å²) in [6.07, 6.45) is 0. The Balaban J connectivity index is 2.60. The summed E-state index contributed by atoms with van der Waals surface area (Å²) in [6, 6.07) is 4.37. The van der Waals surface area contributed by atoms with Crippen LogP contribution in [0, 0.1) is 0 Å². The van der Waals surface area contributed by atoms with Crippen molar-refractivity contribution in [1.82, 2.24) is 5.32 Å². The van der Waals surface area contributed by atoms with Gasteiger partial charge in [0.1, 0.15) is 0 Å². The minimum Gasteiger partial charge on any atom is -0.394 e. The normalized spacial score (nSPS) is 13.1. The van der Waals surface area contributed by atoms with Gasteiger partial charge < -0.3 is 10.4 Å². The van der Waals surface area contributed by atoms with E-state index in [4.69, 9.17) is 5.11 Å². The summed E-state index contributed by atoms with van der Waals surface area (Å²) in [7, 11) is 0. The van der Waals surface area contributed by atoms with Gasteiger partial charge in [-0.2, -0.15) is 0 Å². The van der Waals surface area contributed by atoms with Gasteiger partial charge in [0, 0.05) is 21.8 Å². The van der Waals surface area contributed by atoms with Crippen molar-refractivity contribution in [2.75, 3.05) is 6.61 Å². The van der Waals surface area contributed by atoms with Crippen molar-refractivity contribution in [3.63, 3.8) is 0 Å².